The van der Waals surface area contributed by atoms with Gasteiger partial charge in [0.2, 0.25) is 11.8 Å². The Morgan fingerprint density at radius 2 is 1.62 bits per heavy atom. The molecule has 2 aliphatic heterocycles. The molecule has 7 nitrogen and oxygen atoms in total. The summed E-state index contributed by atoms with van der Waals surface area (Å²) in [6, 6.07) is 5.67. The predicted octanol–water partition coefficient (Wildman–Crippen LogP) is 2.70. The van der Waals surface area contributed by atoms with Gasteiger partial charge in [-0.15, -0.1) is 0 Å². The van der Waals surface area contributed by atoms with Crippen molar-refractivity contribution in [1.29, 1.82) is 0 Å². The van der Waals surface area contributed by atoms with Crippen LogP contribution in [-0.2, 0) is 4.74 Å². The summed E-state index contributed by atoms with van der Waals surface area (Å²) in [6.07, 6.45) is 1.31. The number of rotatable bonds is 2. The van der Waals surface area contributed by atoms with Gasteiger partial charge in [0.25, 0.3) is 5.69 Å². The van der Waals surface area contributed by atoms with Crippen LogP contribution in [0.2, 0.25) is 0 Å². The standard InChI is InChI=1S/C14H12N2O5/c17-13-11-9-5-6-10(21-9)12(11)14(18)15(13)7-1-3-8(4-2-7)16(19)20/h1-4,9-10,17-18H,5-6H2/t9-,10+. The van der Waals surface area contributed by atoms with Gasteiger partial charge in [-0.2, -0.15) is 0 Å². The zero-order valence-corrected chi connectivity index (χ0v) is 10.9. The van der Waals surface area contributed by atoms with E-state index in [2.05, 4.69) is 0 Å². The number of nitro benzene ring substituents is 1. The van der Waals surface area contributed by atoms with E-state index in [9.17, 15) is 20.3 Å². The van der Waals surface area contributed by atoms with Crippen LogP contribution in [0.1, 0.15) is 36.2 Å². The highest BCUT2D eigenvalue weighted by Crippen LogP contribution is 2.58. The average molecular weight is 288 g/mol. The van der Waals surface area contributed by atoms with Crippen molar-refractivity contribution in [3.8, 4) is 17.4 Å². The molecule has 2 atom stereocenters. The second-order valence-corrected chi connectivity index (χ2v) is 5.27. The molecule has 0 amide bonds. The SMILES string of the molecule is O=[N+]([O-])c1ccc(-n2c(O)c3c(c2O)[C@H]2CC[C@@H]3O2)cc1. The lowest BCUT2D eigenvalue weighted by Crippen LogP contribution is -1.97. The van der Waals surface area contributed by atoms with Crippen molar-refractivity contribution in [2.24, 2.45) is 0 Å². The van der Waals surface area contributed by atoms with Crippen molar-refractivity contribution in [2.75, 3.05) is 0 Å². The molecule has 1 saturated heterocycles. The van der Waals surface area contributed by atoms with Gasteiger partial charge in [-0.25, -0.2) is 0 Å². The summed E-state index contributed by atoms with van der Waals surface area (Å²) in [7, 11) is 0. The van der Waals surface area contributed by atoms with Crippen LogP contribution < -0.4 is 0 Å². The zero-order chi connectivity index (χ0) is 14.7. The second-order valence-electron chi connectivity index (χ2n) is 5.27. The third kappa shape index (κ3) is 1.52. The van der Waals surface area contributed by atoms with E-state index in [1.807, 2.05) is 0 Å². The summed E-state index contributed by atoms with van der Waals surface area (Å²) < 4.78 is 6.97. The van der Waals surface area contributed by atoms with Crippen LogP contribution in [0.15, 0.2) is 24.3 Å². The molecule has 2 aromatic rings. The van der Waals surface area contributed by atoms with Gasteiger partial charge in [-0.05, 0) is 25.0 Å². The molecule has 7 heteroatoms. The number of aromatic nitrogens is 1. The highest BCUT2D eigenvalue weighted by Gasteiger charge is 2.45. The van der Waals surface area contributed by atoms with Crippen LogP contribution in [0.5, 0.6) is 11.8 Å². The Bertz CT molecular complexity index is 716. The third-order valence-corrected chi connectivity index (χ3v) is 4.18. The topological polar surface area (TPSA) is 97.8 Å². The number of nitro groups is 1. The number of hydrogen-bond donors (Lipinski definition) is 2. The van der Waals surface area contributed by atoms with Crippen LogP contribution in [0.3, 0.4) is 0 Å². The normalized spacial score (nSPS) is 22.5. The summed E-state index contributed by atoms with van der Waals surface area (Å²) in [5.74, 6) is -0.105. The van der Waals surface area contributed by atoms with E-state index >= 15 is 0 Å². The van der Waals surface area contributed by atoms with Gasteiger partial charge < -0.3 is 14.9 Å². The van der Waals surface area contributed by atoms with Crippen LogP contribution >= 0.6 is 0 Å². The fraction of sp³-hybridized carbons (Fsp3) is 0.286. The molecule has 2 aliphatic rings. The first-order valence-corrected chi connectivity index (χ1v) is 6.64. The number of ether oxygens (including phenoxy) is 1. The van der Waals surface area contributed by atoms with Gasteiger partial charge in [0.15, 0.2) is 0 Å². The predicted molar refractivity (Wildman–Crippen MR) is 71.6 cm³/mol. The van der Waals surface area contributed by atoms with Crippen molar-refractivity contribution >= 4 is 5.69 Å². The van der Waals surface area contributed by atoms with Crippen molar-refractivity contribution in [1.82, 2.24) is 4.57 Å². The molecule has 2 N–H and O–H groups in total. The molecule has 108 valence electrons. The molecule has 1 fully saturated rings. The molecule has 2 bridgehead atoms. The minimum atomic E-state index is -0.493. The van der Waals surface area contributed by atoms with Crippen LogP contribution in [-0.4, -0.2) is 19.7 Å². The molecule has 4 rings (SSSR count). The fourth-order valence-corrected chi connectivity index (χ4v) is 3.25. The van der Waals surface area contributed by atoms with E-state index < -0.39 is 4.92 Å². The van der Waals surface area contributed by atoms with Gasteiger partial charge in [0.05, 0.1) is 33.9 Å². The number of benzene rings is 1. The fourth-order valence-electron chi connectivity index (χ4n) is 3.25. The number of nitrogens with zero attached hydrogens (tertiary/aromatic N) is 2. The smallest absolute Gasteiger partial charge is 0.269 e. The monoisotopic (exact) mass is 288 g/mol. The first-order valence-electron chi connectivity index (χ1n) is 6.64. The van der Waals surface area contributed by atoms with Crippen molar-refractivity contribution < 1.29 is 19.9 Å². The first-order chi connectivity index (χ1) is 10.1. The number of fused-ring (bicyclic) bond motifs is 5. The largest absolute Gasteiger partial charge is 0.494 e. The number of aromatic hydroxyl groups is 2. The van der Waals surface area contributed by atoms with Crippen molar-refractivity contribution in [3.05, 3.63) is 45.5 Å². The number of hydrogen-bond acceptors (Lipinski definition) is 5. The molecular weight excluding hydrogens is 276 g/mol. The maximum absolute atomic E-state index is 10.7. The summed E-state index contributed by atoms with van der Waals surface area (Å²) in [6.45, 7) is 0. The highest BCUT2D eigenvalue weighted by atomic mass is 16.6. The first kappa shape index (κ1) is 12.2. The molecule has 0 spiro atoms. The van der Waals surface area contributed by atoms with Gasteiger partial charge in [0.1, 0.15) is 0 Å². The summed E-state index contributed by atoms with van der Waals surface area (Å²) in [5.41, 5.74) is 1.72. The Morgan fingerprint density at radius 3 is 2.10 bits per heavy atom. The van der Waals surface area contributed by atoms with Gasteiger partial charge in [-0.3, -0.25) is 14.7 Å². The third-order valence-electron chi connectivity index (χ3n) is 4.18. The lowest BCUT2D eigenvalue weighted by molar-refractivity contribution is -0.384. The summed E-state index contributed by atoms with van der Waals surface area (Å²) in [5, 5.41) is 31.4. The highest BCUT2D eigenvalue weighted by molar-refractivity contribution is 5.57. The Balaban J connectivity index is 1.85. The Kier molecular flexibility index (Phi) is 2.32. The van der Waals surface area contributed by atoms with E-state index in [1.54, 1.807) is 0 Å². The molecule has 3 heterocycles. The van der Waals surface area contributed by atoms with Gasteiger partial charge in [0, 0.05) is 12.1 Å². The molecule has 1 aromatic heterocycles. The summed E-state index contributed by atoms with van der Waals surface area (Å²) in [4.78, 5) is 10.2. The molecule has 0 saturated carbocycles. The summed E-state index contributed by atoms with van der Waals surface area (Å²) >= 11 is 0. The zero-order valence-electron chi connectivity index (χ0n) is 10.9. The Hall–Kier alpha value is -2.54. The van der Waals surface area contributed by atoms with E-state index in [0.717, 1.165) is 12.8 Å². The number of non-ortho nitro benzene ring substituents is 1. The molecule has 0 radical (unpaired) electrons. The van der Waals surface area contributed by atoms with Crippen molar-refractivity contribution in [2.45, 2.75) is 25.0 Å². The van der Waals surface area contributed by atoms with Gasteiger partial charge in [-0.1, -0.05) is 0 Å². The maximum Gasteiger partial charge on any atom is 0.269 e. The minimum Gasteiger partial charge on any atom is -0.494 e. The second kappa shape index (κ2) is 3.98. The van der Waals surface area contributed by atoms with E-state index in [1.165, 1.54) is 28.8 Å². The molecule has 1 aromatic carbocycles. The Labute approximate surface area is 119 Å². The quantitative estimate of drug-likeness (QED) is 0.654. The average Bonchev–Trinajstić information content (AvgIpc) is 3.13. The molecule has 0 aliphatic carbocycles. The molecule has 21 heavy (non-hydrogen) atoms. The van der Waals surface area contributed by atoms with Crippen LogP contribution in [0.4, 0.5) is 5.69 Å². The van der Waals surface area contributed by atoms with Gasteiger partial charge >= 0.3 is 0 Å². The van der Waals surface area contributed by atoms with E-state index in [0.29, 0.717) is 16.8 Å². The van der Waals surface area contributed by atoms with E-state index in [-0.39, 0.29) is 29.7 Å². The molecular formula is C14H12N2O5. The minimum absolute atomic E-state index is 0.0409. The van der Waals surface area contributed by atoms with Crippen LogP contribution in [0.25, 0.3) is 5.69 Å². The molecule has 0 unspecified atom stereocenters. The van der Waals surface area contributed by atoms with Crippen molar-refractivity contribution in [3.63, 3.8) is 0 Å². The van der Waals surface area contributed by atoms with E-state index in [4.69, 9.17) is 4.74 Å². The van der Waals surface area contributed by atoms with Crippen LogP contribution in [0, 0.1) is 10.1 Å². The lowest BCUT2D eigenvalue weighted by Gasteiger charge is -2.10. The Morgan fingerprint density at radius 1 is 1.10 bits per heavy atom. The maximum atomic E-state index is 10.7. The lowest BCUT2D eigenvalue weighted by atomic mass is 9.95.